The lowest BCUT2D eigenvalue weighted by Crippen LogP contribution is -2.25. The van der Waals surface area contributed by atoms with Gasteiger partial charge in [0.1, 0.15) is 10.7 Å². The van der Waals surface area contributed by atoms with E-state index in [9.17, 15) is 8.42 Å². The van der Waals surface area contributed by atoms with Crippen LogP contribution in [-0.2, 0) is 16.6 Å². The van der Waals surface area contributed by atoms with Crippen molar-refractivity contribution in [1.29, 1.82) is 0 Å². The van der Waals surface area contributed by atoms with Crippen LogP contribution in [-0.4, -0.2) is 19.9 Å². The number of sulfonamides is 1. The first-order valence-electron chi connectivity index (χ1n) is 7.47. The first-order valence-corrected chi connectivity index (χ1v) is 9.74. The molecule has 1 aromatic heterocycles. The molecule has 1 heterocycles. The Balaban J connectivity index is 1.58. The van der Waals surface area contributed by atoms with Crippen LogP contribution in [0.4, 0.5) is 5.82 Å². The molecule has 1 aliphatic rings. The fourth-order valence-corrected chi connectivity index (χ4v) is 3.40. The highest BCUT2D eigenvalue weighted by atomic mass is 79.9. The van der Waals surface area contributed by atoms with Crippen LogP contribution in [0.25, 0.3) is 0 Å². The van der Waals surface area contributed by atoms with Crippen molar-refractivity contribution in [2.75, 3.05) is 11.9 Å². The van der Waals surface area contributed by atoms with Gasteiger partial charge in [-0.25, -0.2) is 18.1 Å². The summed E-state index contributed by atoms with van der Waals surface area (Å²) in [5.41, 5.74) is 1.12. The predicted octanol–water partition coefficient (Wildman–Crippen LogP) is 3.14. The van der Waals surface area contributed by atoms with Crippen molar-refractivity contribution in [2.45, 2.75) is 24.3 Å². The smallest absolute Gasteiger partial charge is 0.242 e. The van der Waals surface area contributed by atoms with Crippen LogP contribution in [0.2, 0.25) is 0 Å². The molecule has 0 radical (unpaired) electrons. The standard InChI is InChI=1S/C16H18BrN3O2S/c17-14-5-3-12(4-6-14)9-18-16-8-7-15(11-19-16)23(21,22)20-10-13-1-2-13/h3-8,11,13,20H,1-2,9-10H2,(H,18,19). The van der Waals surface area contributed by atoms with Crippen molar-refractivity contribution in [2.24, 2.45) is 5.92 Å². The number of nitrogens with one attached hydrogen (secondary N) is 2. The van der Waals surface area contributed by atoms with Gasteiger partial charge in [0.05, 0.1) is 0 Å². The van der Waals surface area contributed by atoms with Gasteiger partial charge in [-0.2, -0.15) is 0 Å². The quantitative estimate of drug-likeness (QED) is 0.755. The van der Waals surface area contributed by atoms with Crippen LogP contribution in [0.1, 0.15) is 18.4 Å². The zero-order valence-electron chi connectivity index (χ0n) is 12.5. The summed E-state index contributed by atoms with van der Waals surface area (Å²) in [5.74, 6) is 1.15. The molecule has 1 fully saturated rings. The van der Waals surface area contributed by atoms with Crippen LogP contribution in [0.15, 0.2) is 52.0 Å². The highest BCUT2D eigenvalue weighted by Gasteiger charge is 2.24. The Morgan fingerprint density at radius 3 is 2.48 bits per heavy atom. The number of rotatable bonds is 7. The number of hydrogen-bond donors (Lipinski definition) is 2. The van der Waals surface area contributed by atoms with Gasteiger partial charge in [-0.05, 0) is 48.6 Å². The maximum Gasteiger partial charge on any atom is 0.242 e. The Labute approximate surface area is 144 Å². The summed E-state index contributed by atoms with van der Waals surface area (Å²) in [6.07, 6.45) is 3.61. The number of hydrogen-bond acceptors (Lipinski definition) is 4. The van der Waals surface area contributed by atoms with Gasteiger partial charge in [-0.3, -0.25) is 0 Å². The molecule has 2 N–H and O–H groups in total. The maximum absolute atomic E-state index is 12.1. The highest BCUT2D eigenvalue weighted by Crippen LogP contribution is 2.28. The van der Waals surface area contributed by atoms with Gasteiger partial charge < -0.3 is 5.32 Å². The SMILES string of the molecule is O=S(=O)(NCC1CC1)c1ccc(NCc2ccc(Br)cc2)nc1. The van der Waals surface area contributed by atoms with Crippen LogP contribution in [0.5, 0.6) is 0 Å². The zero-order chi connectivity index (χ0) is 16.3. The fourth-order valence-electron chi connectivity index (χ4n) is 2.07. The molecule has 3 rings (SSSR count). The minimum absolute atomic E-state index is 0.201. The minimum atomic E-state index is -3.45. The van der Waals surface area contributed by atoms with Gasteiger partial charge in [0.2, 0.25) is 10.0 Å². The maximum atomic E-state index is 12.1. The van der Waals surface area contributed by atoms with E-state index in [2.05, 4.69) is 31.0 Å². The van der Waals surface area contributed by atoms with E-state index in [0.29, 0.717) is 24.8 Å². The van der Waals surface area contributed by atoms with E-state index in [0.717, 1.165) is 22.9 Å². The predicted molar refractivity (Wildman–Crippen MR) is 93.6 cm³/mol. The Bertz CT molecular complexity index is 757. The lowest BCUT2D eigenvalue weighted by atomic mass is 10.2. The monoisotopic (exact) mass is 395 g/mol. The zero-order valence-corrected chi connectivity index (χ0v) is 14.9. The summed E-state index contributed by atoms with van der Waals surface area (Å²) >= 11 is 3.40. The Morgan fingerprint density at radius 1 is 1.13 bits per heavy atom. The van der Waals surface area contributed by atoms with Gasteiger partial charge in [0.25, 0.3) is 0 Å². The van der Waals surface area contributed by atoms with Crippen LogP contribution in [0.3, 0.4) is 0 Å². The van der Waals surface area contributed by atoms with Crippen molar-refractivity contribution >= 4 is 31.8 Å². The summed E-state index contributed by atoms with van der Waals surface area (Å²) in [6.45, 7) is 1.15. The second-order valence-electron chi connectivity index (χ2n) is 5.65. The molecule has 122 valence electrons. The number of nitrogens with zero attached hydrogens (tertiary/aromatic N) is 1. The normalized spacial score (nSPS) is 14.7. The molecule has 7 heteroatoms. The van der Waals surface area contributed by atoms with Gasteiger partial charge >= 0.3 is 0 Å². The number of pyridine rings is 1. The van der Waals surface area contributed by atoms with E-state index in [4.69, 9.17) is 0 Å². The van der Waals surface area contributed by atoms with Crippen molar-refractivity contribution < 1.29 is 8.42 Å². The number of halogens is 1. The lowest BCUT2D eigenvalue weighted by molar-refractivity contribution is 0.577. The lowest BCUT2D eigenvalue weighted by Gasteiger charge is -2.08. The summed E-state index contributed by atoms with van der Waals surface area (Å²) in [6, 6.07) is 11.2. The molecule has 1 aromatic carbocycles. The van der Waals surface area contributed by atoms with Crippen LogP contribution < -0.4 is 10.0 Å². The van der Waals surface area contributed by atoms with E-state index in [1.165, 1.54) is 6.20 Å². The molecule has 5 nitrogen and oxygen atoms in total. The summed E-state index contributed by atoms with van der Waals surface area (Å²) in [5, 5.41) is 3.18. The Kier molecular flexibility index (Phi) is 4.99. The molecule has 0 spiro atoms. The molecule has 23 heavy (non-hydrogen) atoms. The number of aromatic nitrogens is 1. The Morgan fingerprint density at radius 2 is 1.87 bits per heavy atom. The number of anilines is 1. The average molecular weight is 396 g/mol. The Hall–Kier alpha value is -1.44. The van der Waals surface area contributed by atoms with Crippen LogP contribution in [0, 0.1) is 5.92 Å². The molecule has 0 unspecified atom stereocenters. The van der Waals surface area contributed by atoms with Crippen molar-refractivity contribution in [3.8, 4) is 0 Å². The molecule has 1 saturated carbocycles. The van der Waals surface area contributed by atoms with E-state index in [1.807, 2.05) is 24.3 Å². The highest BCUT2D eigenvalue weighted by molar-refractivity contribution is 9.10. The van der Waals surface area contributed by atoms with Crippen molar-refractivity contribution in [1.82, 2.24) is 9.71 Å². The van der Waals surface area contributed by atoms with E-state index >= 15 is 0 Å². The van der Waals surface area contributed by atoms with E-state index in [1.54, 1.807) is 12.1 Å². The summed E-state index contributed by atoms with van der Waals surface area (Å²) in [7, 11) is -3.45. The second kappa shape index (κ2) is 6.98. The molecule has 0 bridgehead atoms. The molecular formula is C16H18BrN3O2S. The first-order chi connectivity index (χ1) is 11.0. The van der Waals surface area contributed by atoms with Crippen molar-refractivity contribution in [3.63, 3.8) is 0 Å². The molecular weight excluding hydrogens is 378 g/mol. The van der Waals surface area contributed by atoms with Gasteiger partial charge in [0.15, 0.2) is 0 Å². The fraction of sp³-hybridized carbons (Fsp3) is 0.312. The van der Waals surface area contributed by atoms with E-state index < -0.39 is 10.0 Å². The third kappa shape index (κ3) is 4.76. The third-order valence-corrected chi connectivity index (χ3v) is 5.63. The number of benzene rings is 1. The average Bonchev–Trinajstić information content (AvgIpc) is 3.37. The molecule has 1 aliphatic carbocycles. The topological polar surface area (TPSA) is 71.1 Å². The second-order valence-corrected chi connectivity index (χ2v) is 8.34. The summed E-state index contributed by atoms with van der Waals surface area (Å²) in [4.78, 5) is 4.38. The first kappa shape index (κ1) is 16.4. The third-order valence-electron chi connectivity index (χ3n) is 3.69. The van der Waals surface area contributed by atoms with Gasteiger partial charge in [-0.1, -0.05) is 28.1 Å². The largest absolute Gasteiger partial charge is 0.366 e. The molecule has 0 saturated heterocycles. The van der Waals surface area contributed by atoms with Gasteiger partial charge in [0, 0.05) is 23.8 Å². The molecule has 2 aromatic rings. The van der Waals surface area contributed by atoms with Gasteiger partial charge in [-0.15, -0.1) is 0 Å². The minimum Gasteiger partial charge on any atom is -0.366 e. The van der Waals surface area contributed by atoms with Crippen molar-refractivity contribution in [3.05, 3.63) is 52.6 Å². The molecule has 0 amide bonds. The molecule has 0 aliphatic heterocycles. The van der Waals surface area contributed by atoms with E-state index in [-0.39, 0.29) is 4.90 Å². The summed E-state index contributed by atoms with van der Waals surface area (Å²) < 4.78 is 27.9. The molecule has 0 atom stereocenters. The van der Waals surface area contributed by atoms with Crippen LogP contribution >= 0.6 is 15.9 Å².